The molecule has 1 saturated heterocycles. The average Bonchev–Trinajstić information content (AvgIpc) is 2.38. The molecule has 0 aromatic heterocycles. The minimum absolute atomic E-state index is 0.191. The van der Waals surface area contributed by atoms with E-state index in [1.807, 2.05) is 13.8 Å². The van der Waals surface area contributed by atoms with E-state index in [4.69, 9.17) is 14.2 Å². The summed E-state index contributed by atoms with van der Waals surface area (Å²) in [6.07, 6.45) is 1.26. The fourth-order valence-corrected chi connectivity index (χ4v) is 2.08. The van der Waals surface area contributed by atoms with Gasteiger partial charge in [-0.3, -0.25) is 9.59 Å². The Bertz CT molecular complexity index is 289. The summed E-state index contributed by atoms with van der Waals surface area (Å²) >= 11 is 0. The van der Waals surface area contributed by atoms with Crippen LogP contribution in [0.15, 0.2) is 0 Å². The average molecular weight is 288 g/mol. The van der Waals surface area contributed by atoms with Crippen LogP contribution in [0.4, 0.5) is 0 Å². The van der Waals surface area contributed by atoms with Crippen molar-refractivity contribution in [2.45, 2.75) is 70.9 Å². The summed E-state index contributed by atoms with van der Waals surface area (Å²) in [7, 11) is 0. The zero-order chi connectivity index (χ0) is 15.0. The number of carbonyl (C=O) groups is 2. The molecule has 1 heterocycles. The van der Waals surface area contributed by atoms with Crippen LogP contribution in [0.1, 0.15) is 52.4 Å². The minimum atomic E-state index is -0.751. The number of aliphatic hydroxyl groups is 1. The zero-order valence-electron chi connectivity index (χ0n) is 12.2. The van der Waals surface area contributed by atoms with Crippen molar-refractivity contribution in [3.63, 3.8) is 0 Å². The van der Waals surface area contributed by atoms with Gasteiger partial charge in [-0.2, -0.15) is 0 Å². The summed E-state index contributed by atoms with van der Waals surface area (Å²) in [4.78, 5) is 23.0. The Morgan fingerprint density at radius 2 is 1.70 bits per heavy atom. The number of esters is 2. The molecular formula is C14H24O6. The van der Waals surface area contributed by atoms with E-state index in [1.165, 1.54) is 0 Å². The van der Waals surface area contributed by atoms with Crippen molar-refractivity contribution >= 4 is 11.9 Å². The van der Waals surface area contributed by atoms with Crippen molar-refractivity contribution < 1.29 is 28.9 Å². The third-order valence-corrected chi connectivity index (χ3v) is 3.00. The summed E-state index contributed by atoms with van der Waals surface area (Å²) in [5.74, 6) is -0.607. The largest absolute Gasteiger partial charge is 0.462 e. The quantitative estimate of drug-likeness (QED) is 0.716. The monoisotopic (exact) mass is 288 g/mol. The first-order valence-electron chi connectivity index (χ1n) is 7.24. The van der Waals surface area contributed by atoms with E-state index in [2.05, 4.69) is 0 Å². The molecule has 1 fully saturated rings. The Kier molecular flexibility index (Phi) is 7.54. The molecule has 0 aromatic carbocycles. The lowest BCUT2D eigenvalue weighted by Crippen LogP contribution is -2.41. The molecule has 1 rings (SSSR count). The molecule has 0 spiro atoms. The molecule has 0 aliphatic carbocycles. The molecule has 116 valence electrons. The Morgan fingerprint density at radius 1 is 1.10 bits per heavy atom. The summed E-state index contributed by atoms with van der Waals surface area (Å²) in [5.41, 5.74) is 0. The van der Waals surface area contributed by atoms with Gasteiger partial charge in [-0.1, -0.05) is 13.8 Å². The van der Waals surface area contributed by atoms with Crippen LogP contribution < -0.4 is 0 Å². The van der Waals surface area contributed by atoms with Crippen molar-refractivity contribution in [1.29, 1.82) is 0 Å². The van der Waals surface area contributed by atoms with E-state index in [0.29, 0.717) is 32.1 Å². The first-order chi connectivity index (χ1) is 9.58. The maximum atomic E-state index is 11.5. The second kappa shape index (κ2) is 8.92. The van der Waals surface area contributed by atoms with Crippen molar-refractivity contribution in [1.82, 2.24) is 0 Å². The highest BCUT2D eigenvalue weighted by atomic mass is 16.7. The van der Waals surface area contributed by atoms with Gasteiger partial charge < -0.3 is 19.3 Å². The predicted molar refractivity (Wildman–Crippen MR) is 70.8 cm³/mol. The maximum Gasteiger partial charge on any atom is 0.308 e. The van der Waals surface area contributed by atoms with E-state index in [9.17, 15) is 14.7 Å². The third kappa shape index (κ3) is 5.88. The molecule has 6 nitrogen and oxygen atoms in total. The van der Waals surface area contributed by atoms with Gasteiger partial charge in [0.2, 0.25) is 6.29 Å². The molecule has 0 aromatic rings. The van der Waals surface area contributed by atoms with E-state index >= 15 is 0 Å². The standard InChI is InChI=1S/C14H24O6/c1-3-5-12(16)18-10-7-11(9-15)19-14(8-10)20-13(17)6-4-2/h10-11,14-15H,3-9H2,1-2H3/t10-,11?,14?/m0/s1. The van der Waals surface area contributed by atoms with Crippen molar-refractivity contribution in [2.24, 2.45) is 0 Å². The van der Waals surface area contributed by atoms with Gasteiger partial charge >= 0.3 is 11.9 Å². The molecule has 0 amide bonds. The highest BCUT2D eigenvalue weighted by Crippen LogP contribution is 2.24. The molecular weight excluding hydrogens is 264 g/mol. The number of carbonyl (C=O) groups excluding carboxylic acids is 2. The molecule has 0 radical (unpaired) electrons. The van der Waals surface area contributed by atoms with Gasteiger partial charge in [0, 0.05) is 25.7 Å². The van der Waals surface area contributed by atoms with Gasteiger partial charge in [-0.25, -0.2) is 0 Å². The molecule has 1 N–H and O–H groups in total. The molecule has 6 heteroatoms. The normalized spacial score (nSPS) is 26.1. The number of rotatable bonds is 7. The van der Waals surface area contributed by atoms with Crippen LogP contribution in [0.3, 0.4) is 0 Å². The second-order valence-corrected chi connectivity index (χ2v) is 4.94. The van der Waals surface area contributed by atoms with Gasteiger partial charge in [0.25, 0.3) is 0 Å². The van der Waals surface area contributed by atoms with Crippen LogP contribution in [0, 0.1) is 0 Å². The van der Waals surface area contributed by atoms with Gasteiger partial charge in [0.05, 0.1) is 12.7 Å². The summed E-state index contributed by atoms with van der Waals surface area (Å²) in [6.45, 7) is 3.59. The molecule has 0 bridgehead atoms. The molecule has 20 heavy (non-hydrogen) atoms. The number of aliphatic hydroxyl groups excluding tert-OH is 1. The third-order valence-electron chi connectivity index (χ3n) is 3.00. The van der Waals surface area contributed by atoms with Crippen molar-refractivity contribution in [2.75, 3.05) is 6.61 Å². The van der Waals surface area contributed by atoms with E-state index < -0.39 is 12.4 Å². The van der Waals surface area contributed by atoms with Gasteiger partial charge in [-0.15, -0.1) is 0 Å². The van der Waals surface area contributed by atoms with E-state index in [-0.39, 0.29) is 24.6 Å². The topological polar surface area (TPSA) is 82.1 Å². The number of hydrogen-bond donors (Lipinski definition) is 1. The minimum Gasteiger partial charge on any atom is -0.462 e. The Balaban J connectivity index is 2.50. The second-order valence-electron chi connectivity index (χ2n) is 4.94. The van der Waals surface area contributed by atoms with E-state index in [1.54, 1.807) is 0 Å². The van der Waals surface area contributed by atoms with Crippen LogP contribution in [-0.2, 0) is 23.8 Å². The number of hydrogen-bond acceptors (Lipinski definition) is 6. The van der Waals surface area contributed by atoms with Gasteiger partial charge in [0.1, 0.15) is 6.10 Å². The molecule has 3 atom stereocenters. The Labute approximate surface area is 119 Å². The number of ether oxygens (including phenoxy) is 3. The molecule has 1 aliphatic rings. The highest BCUT2D eigenvalue weighted by Gasteiger charge is 2.33. The van der Waals surface area contributed by atoms with Crippen LogP contribution in [0.25, 0.3) is 0 Å². The maximum absolute atomic E-state index is 11.5. The van der Waals surface area contributed by atoms with Crippen LogP contribution in [0.5, 0.6) is 0 Å². The summed E-state index contributed by atoms with van der Waals surface area (Å²) < 4.78 is 15.9. The van der Waals surface area contributed by atoms with Crippen LogP contribution in [-0.4, -0.2) is 42.1 Å². The zero-order valence-corrected chi connectivity index (χ0v) is 12.2. The molecule has 2 unspecified atom stereocenters. The lowest BCUT2D eigenvalue weighted by Gasteiger charge is -2.33. The molecule has 0 saturated carbocycles. The summed E-state index contributed by atoms with van der Waals surface area (Å²) in [6, 6.07) is 0. The van der Waals surface area contributed by atoms with Crippen LogP contribution >= 0.6 is 0 Å². The first kappa shape index (κ1) is 16.9. The highest BCUT2D eigenvalue weighted by molar-refractivity contribution is 5.70. The van der Waals surface area contributed by atoms with Gasteiger partial charge in [-0.05, 0) is 12.8 Å². The molecule has 1 aliphatic heterocycles. The first-order valence-corrected chi connectivity index (χ1v) is 7.24. The lowest BCUT2D eigenvalue weighted by molar-refractivity contribution is -0.225. The SMILES string of the molecule is CCCC(=O)OC1C[C@@H](OC(=O)CCC)CC(CO)O1. The smallest absolute Gasteiger partial charge is 0.308 e. The van der Waals surface area contributed by atoms with E-state index in [0.717, 1.165) is 6.42 Å². The van der Waals surface area contributed by atoms with Gasteiger partial charge in [0.15, 0.2) is 0 Å². The predicted octanol–water partition coefficient (Wildman–Crippen LogP) is 1.54. The van der Waals surface area contributed by atoms with Crippen molar-refractivity contribution in [3.8, 4) is 0 Å². The lowest BCUT2D eigenvalue weighted by atomic mass is 10.1. The van der Waals surface area contributed by atoms with Crippen LogP contribution in [0.2, 0.25) is 0 Å². The fraction of sp³-hybridized carbons (Fsp3) is 0.857. The summed E-state index contributed by atoms with van der Waals surface area (Å²) in [5, 5.41) is 9.20. The Morgan fingerprint density at radius 3 is 2.25 bits per heavy atom. The Hall–Kier alpha value is -1.14. The van der Waals surface area contributed by atoms with Crippen molar-refractivity contribution in [3.05, 3.63) is 0 Å². The fourth-order valence-electron chi connectivity index (χ4n) is 2.08.